The van der Waals surface area contributed by atoms with Crippen molar-refractivity contribution >= 4 is 5.91 Å². The third-order valence-electron chi connectivity index (χ3n) is 4.84. The Balaban J connectivity index is 1.65. The van der Waals surface area contributed by atoms with Crippen LogP contribution in [0.4, 0.5) is 0 Å². The van der Waals surface area contributed by atoms with E-state index in [1.807, 2.05) is 0 Å². The molecule has 1 aromatic rings. The normalized spacial score (nSPS) is 28.9. The van der Waals surface area contributed by atoms with E-state index >= 15 is 0 Å². The van der Waals surface area contributed by atoms with Gasteiger partial charge in [0.15, 0.2) is 0 Å². The fourth-order valence-corrected chi connectivity index (χ4v) is 3.56. The molecule has 1 aliphatic heterocycles. The number of fused-ring (bicyclic) bond motifs is 1. The number of benzene rings is 1. The van der Waals surface area contributed by atoms with E-state index in [0.717, 1.165) is 31.8 Å². The van der Waals surface area contributed by atoms with Crippen molar-refractivity contribution in [3.05, 3.63) is 29.3 Å². The lowest BCUT2D eigenvalue weighted by atomic mass is 9.79. The number of nitrogens with one attached hydrogen (secondary N) is 2. The monoisotopic (exact) mass is 274 g/mol. The maximum absolute atomic E-state index is 12.3. The van der Waals surface area contributed by atoms with E-state index in [0.29, 0.717) is 17.0 Å². The van der Waals surface area contributed by atoms with E-state index in [1.54, 1.807) is 25.1 Å². The van der Waals surface area contributed by atoms with Gasteiger partial charge in [-0.15, -0.1) is 0 Å². The Hall–Kier alpha value is -1.55. The minimum Gasteiger partial charge on any atom is -0.508 e. The second kappa shape index (κ2) is 5.44. The van der Waals surface area contributed by atoms with Crippen molar-refractivity contribution < 1.29 is 9.90 Å². The topological polar surface area (TPSA) is 61.4 Å². The molecule has 1 saturated heterocycles. The van der Waals surface area contributed by atoms with Gasteiger partial charge in [-0.05, 0) is 63.2 Å². The van der Waals surface area contributed by atoms with Crippen molar-refractivity contribution in [2.24, 2.45) is 11.8 Å². The van der Waals surface area contributed by atoms with Crippen LogP contribution in [0.3, 0.4) is 0 Å². The molecular weight excluding hydrogens is 252 g/mol. The van der Waals surface area contributed by atoms with Crippen molar-refractivity contribution in [3.63, 3.8) is 0 Å². The fraction of sp³-hybridized carbons (Fsp3) is 0.562. The Labute approximate surface area is 119 Å². The van der Waals surface area contributed by atoms with Crippen LogP contribution in [0.1, 0.15) is 35.2 Å². The van der Waals surface area contributed by atoms with Crippen molar-refractivity contribution in [1.82, 2.24) is 10.6 Å². The van der Waals surface area contributed by atoms with E-state index in [1.165, 1.54) is 6.42 Å². The molecular formula is C16H22N2O2. The summed E-state index contributed by atoms with van der Waals surface area (Å²) < 4.78 is 0. The molecule has 1 aromatic carbocycles. The van der Waals surface area contributed by atoms with Crippen LogP contribution in [0.15, 0.2) is 18.2 Å². The molecule has 0 aromatic heterocycles. The molecule has 3 N–H and O–H groups in total. The van der Waals surface area contributed by atoms with Crippen LogP contribution in [0, 0.1) is 18.8 Å². The Morgan fingerprint density at radius 3 is 2.95 bits per heavy atom. The number of carbonyl (C=O) groups is 1. The van der Waals surface area contributed by atoms with Gasteiger partial charge >= 0.3 is 0 Å². The van der Waals surface area contributed by atoms with Crippen LogP contribution in [0.25, 0.3) is 0 Å². The first-order valence-corrected chi connectivity index (χ1v) is 7.45. The van der Waals surface area contributed by atoms with Gasteiger partial charge in [-0.25, -0.2) is 0 Å². The number of phenols is 1. The summed E-state index contributed by atoms with van der Waals surface area (Å²) in [5.74, 6) is 1.62. The molecule has 1 aliphatic carbocycles. The maximum Gasteiger partial charge on any atom is 0.251 e. The van der Waals surface area contributed by atoms with E-state index in [4.69, 9.17) is 0 Å². The molecule has 3 atom stereocenters. The number of hydrogen-bond donors (Lipinski definition) is 3. The van der Waals surface area contributed by atoms with Crippen LogP contribution in [0.2, 0.25) is 0 Å². The maximum atomic E-state index is 12.3. The average molecular weight is 274 g/mol. The minimum atomic E-state index is -0.0622. The predicted molar refractivity (Wildman–Crippen MR) is 77.8 cm³/mol. The molecule has 2 fully saturated rings. The Kier molecular flexibility index (Phi) is 3.66. The first kappa shape index (κ1) is 13.4. The number of aromatic hydroxyl groups is 1. The summed E-state index contributed by atoms with van der Waals surface area (Å²) in [6.45, 7) is 4.00. The summed E-state index contributed by atoms with van der Waals surface area (Å²) >= 11 is 0. The van der Waals surface area contributed by atoms with Crippen LogP contribution in [-0.4, -0.2) is 30.1 Å². The highest BCUT2D eigenvalue weighted by Gasteiger charge is 2.34. The molecule has 3 rings (SSSR count). The fourth-order valence-electron chi connectivity index (χ4n) is 3.56. The number of amides is 1. The van der Waals surface area contributed by atoms with Crippen LogP contribution < -0.4 is 10.6 Å². The van der Waals surface area contributed by atoms with Crippen LogP contribution in [0.5, 0.6) is 5.75 Å². The lowest BCUT2D eigenvalue weighted by molar-refractivity contribution is 0.0912. The molecule has 4 heteroatoms. The molecule has 4 nitrogen and oxygen atoms in total. The first-order valence-electron chi connectivity index (χ1n) is 7.45. The standard InChI is InChI=1S/C16H22N2O2/c1-10-14(3-2-4-15(10)19)16(20)18-13-6-5-11-8-17-9-12(11)7-13/h2-4,11-13,17,19H,5-9H2,1H3,(H,18,20)/t11-,12+,13?/m0/s1. The third kappa shape index (κ3) is 2.52. The zero-order valence-corrected chi connectivity index (χ0v) is 11.9. The van der Waals surface area contributed by atoms with Gasteiger partial charge < -0.3 is 15.7 Å². The van der Waals surface area contributed by atoms with Gasteiger partial charge in [-0.1, -0.05) is 6.07 Å². The number of rotatable bonds is 2. The van der Waals surface area contributed by atoms with E-state index in [9.17, 15) is 9.90 Å². The van der Waals surface area contributed by atoms with E-state index in [2.05, 4.69) is 10.6 Å². The molecule has 1 amide bonds. The smallest absolute Gasteiger partial charge is 0.251 e. The molecule has 1 heterocycles. The van der Waals surface area contributed by atoms with Crippen molar-refractivity contribution in [1.29, 1.82) is 0 Å². The van der Waals surface area contributed by atoms with E-state index in [-0.39, 0.29) is 17.7 Å². The predicted octanol–water partition coefficient (Wildman–Crippen LogP) is 1.82. The second-order valence-electron chi connectivity index (χ2n) is 6.11. The van der Waals surface area contributed by atoms with Gasteiger partial charge in [0.1, 0.15) is 5.75 Å². The number of hydrogen-bond acceptors (Lipinski definition) is 3. The highest BCUT2D eigenvalue weighted by Crippen LogP contribution is 2.32. The van der Waals surface area contributed by atoms with Gasteiger partial charge in [0.25, 0.3) is 5.91 Å². The molecule has 0 spiro atoms. The SMILES string of the molecule is Cc1c(O)cccc1C(=O)NC1CC[C@H]2CNC[C@H]2C1. The van der Waals surface area contributed by atoms with Crippen molar-refractivity contribution in [3.8, 4) is 5.75 Å². The van der Waals surface area contributed by atoms with Crippen LogP contribution in [-0.2, 0) is 0 Å². The van der Waals surface area contributed by atoms with Gasteiger partial charge in [-0.3, -0.25) is 4.79 Å². The Bertz CT molecular complexity index is 515. The van der Waals surface area contributed by atoms with Crippen molar-refractivity contribution in [2.45, 2.75) is 32.2 Å². The molecule has 108 valence electrons. The zero-order chi connectivity index (χ0) is 14.1. The van der Waals surface area contributed by atoms with Crippen molar-refractivity contribution in [2.75, 3.05) is 13.1 Å². The largest absolute Gasteiger partial charge is 0.508 e. The first-order chi connectivity index (χ1) is 9.65. The molecule has 1 saturated carbocycles. The number of phenolic OH excluding ortho intramolecular Hbond substituents is 1. The Morgan fingerprint density at radius 2 is 2.10 bits per heavy atom. The third-order valence-corrected chi connectivity index (χ3v) is 4.84. The van der Waals surface area contributed by atoms with Crippen LogP contribution >= 0.6 is 0 Å². The quantitative estimate of drug-likeness (QED) is 0.771. The van der Waals surface area contributed by atoms with Gasteiger partial charge in [0.05, 0.1) is 0 Å². The molecule has 1 unspecified atom stereocenters. The molecule has 2 aliphatic rings. The summed E-state index contributed by atoms with van der Waals surface area (Å²) in [7, 11) is 0. The molecule has 20 heavy (non-hydrogen) atoms. The van der Waals surface area contributed by atoms with Gasteiger partial charge in [0, 0.05) is 17.2 Å². The summed E-state index contributed by atoms with van der Waals surface area (Å²) in [5, 5.41) is 16.3. The molecule has 0 radical (unpaired) electrons. The summed E-state index contributed by atoms with van der Waals surface area (Å²) in [5.41, 5.74) is 1.23. The number of carbonyl (C=O) groups excluding carboxylic acids is 1. The second-order valence-corrected chi connectivity index (χ2v) is 6.11. The molecule has 0 bridgehead atoms. The summed E-state index contributed by atoms with van der Waals surface area (Å²) in [4.78, 5) is 12.3. The highest BCUT2D eigenvalue weighted by molar-refractivity contribution is 5.96. The zero-order valence-electron chi connectivity index (χ0n) is 11.9. The lowest BCUT2D eigenvalue weighted by Crippen LogP contribution is -2.40. The average Bonchev–Trinajstić information content (AvgIpc) is 2.89. The van der Waals surface area contributed by atoms with Gasteiger partial charge in [0.2, 0.25) is 0 Å². The highest BCUT2D eigenvalue weighted by atomic mass is 16.3. The minimum absolute atomic E-state index is 0.0622. The summed E-state index contributed by atoms with van der Waals surface area (Å²) in [6.07, 6.45) is 3.33. The lowest BCUT2D eigenvalue weighted by Gasteiger charge is -2.31. The van der Waals surface area contributed by atoms with E-state index < -0.39 is 0 Å². The Morgan fingerprint density at radius 1 is 1.30 bits per heavy atom. The summed E-state index contributed by atoms with van der Waals surface area (Å²) in [6, 6.07) is 5.37. The van der Waals surface area contributed by atoms with Gasteiger partial charge in [-0.2, -0.15) is 0 Å².